The van der Waals surface area contributed by atoms with Crippen molar-refractivity contribution in [1.82, 2.24) is 24.1 Å². The second-order valence-corrected chi connectivity index (χ2v) is 13.2. The maximum atomic E-state index is 14.2. The summed E-state index contributed by atoms with van der Waals surface area (Å²) in [6.45, 7) is 8.43. The molecule has 246 valence electrons. The van der Waals surface area contributed by atoms with Gasteiger partial charge in [0.05, 0.1) is 18.8 Å². The molecule has 1 spiro atoms. The third-order valence-corrected chi connectivity index (χ3v) is 8.98. The lowest BCUT2D eigenvalue weighted by atomic mass is 9.74. The van der Waals surface area contributed by atoms with E-state index >= 15 is 0 Å². The number of piperidine rings is 1. The Morgan fingerprint density at radius 1 is 1.11 bits per heavy atom. The van der Waals surface area contributed by atoms with Gasteiger partial charge in [0.15, 0.2) is 5.82 Å². The summed E-state index contributed by atoms with van der Waals surface area (Å²) in [6.07, 6.45) is -0.200. The number of aryl methyl sites for hydroxylation is 1. The molecule has 46 heavy (non-hydrogen) atoms. The minimum Gasteiger partial charge on any atom is -0.444 e. The number of ether oxygens (including phenoxy) is 2. The first-order valence-electron chi connectivity index (χ1n) is 15.4. The first-order chi connectivity index (χ1) is 21.6. The van der Waals surface area contributed by atoms with Crippen molar-refractivity contribution in [3.63, 3.8) is 0 Å². The fraction of sp³-hybridized carbons (Fsp3) is 0.531. The van der Waals surface area contributed by atoms with E-state index in [-0.39, 0.29) is 29.1 Å². The van der Waals surface area contributed by atoms with Crippen LogP contribution in [0.5, 0.6) is 0 Å². The number of fused-ring (bicyclic) bond motifs is 3. The maximum absolute atomic E-state index is 14.2. The molecule has 0 radical (unpaired) electrons. The van der Waals surface area contributed by atoms with Gasteiger partial charge < -0.3 is 24.3 Å². The van der Waals surface area contributed by atoms with Crippen molar-refractivity contribution >= 4 is 29.0 Å². The zero-order valence-electron chi connectivity index (χ0n) is 26.3. The van der Waals surface area contributed by atoms with Crippen molar-refractivity contribution in [3.05, 3.63) is 62.8 Å². The van der Waals surface area contributed by atoms with E-state index in [2.05, 4.69) is 10.4 Å². The molecule has 1 fully saturated rings. The van der Waals surface area contributed by atoms with Gasteiger partial charge in [-0.15, -0.1) is 5.10 Å². The molecule has 4 heterocycles. The molecule has 1 aromatic carbocycles. The number of aromatic nitrogens is 4. The van der Waals surface area contributed by atoms with Crippen LogP contribution in [-0.4, -0.2) is 68.0 Å². The fourth-order valence-corrected chi connectivity index (χ4v) is 6.67. The average molecular weight is 643 g/mol. The molecule has 0 bridgehead atoms. The molecule has 1 saturated heterocycles. The number of carbonyl (C=O) groups excluding carboxylic acids is 2. The molecule has 1 aliphatic carbocycles. The molecule has 2 aliphatic heterocycles. The molecule has 3 aromatic rings. The standard InChI is InChI=1S/C32H37F3N6O5/c1-19-17-21(32(33,34)35)5-6-22(19)36-24(42)18-40-23-7-10-31(11-13-39(14-12-31)29(44)46-30(2,3)4)25(23)27(43)41-28(40)37-26(38-41)20-8-15-45-16-9-20/h5-6,8,17H,7,9-16,18H2,1-4H3,(H,36,42). The zero-order valence-corrected chi connectivity index (χ0v) is 26.3. The number of hydrogen-bond donors (Lipinski definition) is 1. The summed E-state index contributed by atoms with van der Waals surface area (Å²) in [5.41, 5.74) is 0.367. The zero-order chi connectivity index (χ0) is 33.0. The lowest BCUT2D eigenvalue weighted by molar-refractivity contribution is -0.137. The molecular weight excluding hydrogens is 605 g/mol. The van der Waals surface area contributed by atoms with E-state index in [1.807, 2.05) is 26.8 Å². The van der Waals surface area contributed by atoms with Gasteiger partial charge in [-0.1, -0.05) is 6.08 Å². The molecule has 0 saturated carbocycles. The SMILES string of the molecule is Cc1cc(C(F)(F)F)ccc1NC(=O)Cn1c2c(c(=O)n3nc(C4=CCOCC4)nc13)C1(CC2)CCN(C(=O)OC(C)(C)C)CC1. The minimum absolute atomic E-state index is 0.216. The number of benzene rings is 1. The van der Waals surface area contributed by atoms with Crippen molar-refractivity contribution < 1.29 is 32.2 Å². The van der Waals surface area contributed by atoms with Gasteiger partial charge in [0.1, 0.15) is 12.1 Å². The Hall–Kier alpha value is -4.20. The summed E-state index contributed by atoms with van der Waals surface area (Å²) in [7, 11) is 0. The van der Waals surface area contributed by atoms with Crippen molar-refractivity contribution in [2.75, 3.05) is 31.6 Å². The lowest BCUT2D eigenvalue weighted by Crippen LogP contribution is -2.47. The highest BCUT2D eigenvalue weighted by Crippen LogP contribution is 2.45. The summed E-state index contributed by atoms with van der Waals surface area (Å²) < 4.78 is 53.6. The molecule has 14 heteroatoms. The van der Waals surface area contributed by atoms with Gasteiger partial charge >= 0.3 is 12.3 Å². The van der Waals surface area contributed by atoms with Gasteiger partial charge in [-0.05, 0) is 89.1 Å². The Labute approximate surface area is 263 Å². The van der Waals surface area contributed by atoms with E-state index < -0.39 is 34.8 Å². The number of rotatable bonds is 4. The van der Waals surface area contributed by atoms with Crippen LogP contribution in [0.3, 0.4) is 0 Å². The number of nitrogens with zero attached hydrogens (tertiary/aromatic N) is 5. The Bertz CT molecular complexity index is 1790. The number of alkyl halides is 3. The Balaban J connectivity index is 1.36. The van der Waals surface area contributed by atoms with Crippen molar-refractivity contribution in [3.8, 4) is 0 Å². The van der Waals surface area contributed by atoms with Crippen molar-refractivity contribution in [2.45, 2.75) is 83.5 Å². The number of nitrogens with one attached hydrogen (secondary N) is 1. The van der Waals surface area contributed by atoms with Crippen LogP contribution >= 0.6 is 0 Å². The molecule has 0 atom stereocenters. The van der Waals surface area contributed by atoms with Gasteiger partial charge in [0, 0.05) is 35.4 Å². The first kappa shape index (κ1) is 31.8. The highest BCUT2D eigenvalue weighted by Gasteiger charge is 2.46. The van der Waals surface area contributed by atoms with Crippen LogP contribution in [0.2, 0.25) is 0 Å². The van der Waals surface area contributed by atoms with Crippen LogP contribution in [-0.2, 0) is 38.8 Å². The number of amides is 2. The Morgan fingerprint density at radius 2 is 1.85 bits per heavy atom. The van der Waals surface area contributed by atoms with E-state index in [1.54, 1.807) is 9.47 Å². The molecular formula is C32H37F3N6O5. The molecule has 3 aliphatic rings. The highest BCUT2D eigenvalue weighted by molar-refractivity contribution is 5.91. The van der Waals surface area contributed by atoms with Crippen LogP contribution in [0, 0.1) is 6.92 Å². The van der Waals surface area contributed by atoms with Crippen LogP contribution < -0.4 is 10.9 Å². The summed E-state index contributed by atoms with van der Waals surface area (Å²) in [5.74, 6) is 0.116. The van der Waals surface area contributed by atoms with E-state index in [1.165, 1.54) is 17.5 Å². The number of hydrogen-bond acceptors (Lipinski definition) is 7. The molecule has 1 N–H and O–H groups in total. The van der Waals surface area contributed by atoms with E-state index in [9.17, 15) is 27.6 Å². The summed E-state index contributed by atoms with van der Waals surface area (Å²) in [6, 6.07) is 3.16. The third-order valence-electron chi connectivity index (χ3n) is 8.98. The second kappa shape index (κ2) is 11.6. The Kier molecular flexibility index (Phi) is 7.98. The lowest BCUT2D eigenvalue weighted by Gasteiger charge is -2.39. The first-order valence-corrected chi connectivity index (χ1v) is 15.4. The van der Waals surface area contributed by atoms with E-state index in [0.717, 1.165) is 17.7 Å². The van der Waals surface area contributed by atoms with Gasteiger partial charge in [-0.2, -0.15) is 22.7 Å². The number of likely N-dealkylation sites (tertiary alicyclic amines) is 1. The molecule has 0 unspecified atom stereocenters. The topological polar surface area (TPSA) is 120 Å². The van der Waals surface area contributed by atoms with Crippen LogP contribution in [0.25, 0.3) is 11.4 Å². The van der Waals surface area contributed by atoms with E-state index in [4.69, 9.17) is 14.5 Å². The van der Waals surface area contributed by atoms with E-state index in [0.29, 0.717) is 75.5 Å². The van der Waals surface area contributed by atoms with Gasteiger partial charge in [-0.25, -0.2) is 4.79 Å². The molecule has 2 amide bonds. The molecule has 6 rings (SSSR count). The van der Waals surface area contributed by atoms with Gasteiger partial charge in [0.2, 0.25) is 11.7 Å². The van der Waals surface area contributed by atoms with Crippen LogP contribution in [0.15, 0.2) is 29.1 Å². The molecule has 2 aromatic heterocycles. The number of halogens is 3. The average Bonchev–Trinajstić information content (AvgIpc) is 3.59. The second-order valence-electron chi connectivity index (χ2n) is 13.2. The number of carbonyl (C=O) groups is 2. The monoisotopic (exact) mass is 642 g/mol. The minimum atomic E-state index is -4.50. The maximum Gasteiger partial charge on any atom is 0.416 e. The van der Waals surface area contributed by atoms with Gasteiger partial charge in [0.25, 0.3) is 5.56 Å². The third kappa shape index (κ3) is 6.02. The smallest absolute Gasteiger partial charge is 0.416 e. The highest BCUT2D eigenvalue weighted by atomic mass is 19.4. The van der Waals surface area contributed by atoms with Crippen molar-refractivity contribution in [2.24, 2.45) is 0 Å². The van der Waals surface area contributed by atoms with Crippen molar-refractivity contribution in [1.29, 1.82) is 0 Å². The summed E-state index contributed by atoms with van der Waals surface area (Å²) in [4.78, 5) is 46.8. The van der Waals surface area contributed by atoms with Gasteiger partial charge in [-0.3, -0.25) is 9.59 Å². The quantitative estimate of drug-likeness (QED) is 0.431. The number of anilines is 1. The van der Waals surface area contributed by atoms with Crippen LogP contribution in [0.1, 0.15) is 74.7 Å². The predicted octanol–water partition coefficient (Wildman–Crippen LogP) is 4.88. The predicted molar refractivity (Wildman–Crippen MR) is 163 cm³/mol. The fourth-order valence-electron chi connectivity index (χ4n) is 6.67. The Morgan fingerprint density at radius 3 is 2.48 bits per heavy atom. The summed E-state index contributed by atoms with van der Waals surface area (Å²) >= 11 is 0. The largest absolute Gasteiger partial charge is 0.444 e. The normalized spacial score (nSPS) is 18.1. The van der Waals surface area contributed by atoms with Crippen LogP contribution in [0.4, 0.5) is 23.7 Å². The summed E-state index contributed by atoms with van der Waals surface area (Å²) in [5, 5.41) is 7.34. The molecule has 11 nitrogen and oxygen atoms in total.